The second kappa shape index (κ2) is 2.74. The summed E-state index contributed by atoms with van der Waals surface area (Å²) in [5, 5.41) is 0. The minimum Gasteiger partial charge on any atom is -0.379 e. The van der Waals surface area contributed by atoms with E-state index in [1.165, 1.54) is 0 Å². The molecule has 2 nitrogen and oxygen atoms in total. The quantitative estimate of drug-likeness (QED) is 0.542. The zero-order chi connectivity index (χ0) is 8.77. The van der Waals surface area contributed by atoms with Gasteiger partial charge in [0.15, 0.2) is 0 Å². The van der Waals surface area contributed by atoms with Gasteiger partial charge in [-0.2, -0.15) is 0 Å². The topological polar surface area (TPSA) is 18.5 Å². The molecule has 2 aliphatic heterocycles. The lowest BCUT2D eigenvalue weighted by Crippen LogP contribution is -2.42. The van der Waals surface area contributed by atoms with Crippen molar-refractivity contribution in [1.82, 2.24) is 0 Å². The van der Waals surface area contributed by atoms with E-state index in [1.54, 1.807) is 0 Å². The molecule has 2 fully saturated rings. The summed E-state index contributed by atoms with van der Waals surface area (Å²) in [6.07, 6.45) is 2.21. The van der Waals surface area contributed by atoms with Gasteiger partial charge in [0.1, 0.15) is 7.85 Å². The summed E-state index contributed by atoms with van der Waals surface area (Å²) in [7, 11) is 5.82. The Bertz CT molecular complexity index is 185. The first-order chi connectivity index (χ1) is 5.67. The molecule has 0 aromatic heterocycles. The number of rotatable bonds is 1. The number of fused-ring (bicyclic) bond motifs is 2. The standard InChI is InChI=1S/C9H15BO2/c1-3-6-7-8(10)12-9(6,2)4-5-11-7/h6-8H,3-5H2,1-2H3/t6-,7?,8-,9+/m1/s1. The van der Waals surface area contributed by atoms with E-state index in [1.807, 2.05) is 0 Å². The van der Waals surface area contributed by atoms with Crippen LogP contribution in [0.4, 0.5) is 0 Å². The molecule has 0 amide bonds. The highest BCUT2D eigenvalue weighted by molar-refractivity contribution is 6.11. The number of hydrogen-bond acceptors (Lipinski definition) is 2. The van der Waals surface area contributed by atoms with Crippen LogP contribution in [0.5, 0.6) is 0 Å². The Morgan fingerprint density at radius 3 is 2.83 bits per heavy atom. The van der Waals surface area contributed by atoms with E-state index in [9.17, 15) is 0 Å². The van der Waals surface area contributed by atoms with Gasteiger partial charge in [-0.1, -0.05) is 6.92 Å². The predicted molar refractivity (Wildman–Crippen MR) is 47.2 cm³/mol. The maximum atomic E-state index is 5.82. The molecule has 0 aromatic rings. The van der Waals surface area contributed by atoms with Crippen molar-refractivity contribution in [3.05, 3.63) is 0 Å². The van der Waals surface area contributed by atoms with Crippen LogP contribution < -0.4 is 0 Å². The molecule has 2 rings (SSSR count). The number of hydrogen-bond donors (Lipinski definition) is 0. The third kappa shape index (κ3) is 1.03. The van der Waals surface area contributed by atoms with Crippen LogP contribution in [-0.4, -0.2) is 32.2 Å². The minimum atomic E-state index is -0.206. The predicted octanol–water partition coefficient (Wildman–Crippen LogP) is 1.08. The Balaban J connectivity index is 2.23. The second-order valence-corrected chi connectivity index (χ2v) is 4.00. The van der Waals surface area contributed by atoms with Crippen LogP contribution in [0.2, 0.25) is 0 Å². The monoisotopic (exact) mass is 166 g/mol. The lowest BCUT2D eigenvalue weighted by atomic mass is 9.78. The summed E-state index contributed by atoms with van der Waals surface area (Å²) >= 11 is 0. The molecule has 0 aliphatic carbocycles. The second-order valence-electron chi connectivity index (χ2n) is 4.00. The highest BCUT2D eigenvalue weighted by Gasteiger charge is 2.52. The lowest BCUT2D eigenvalue weighted by molar-refractivity contribution is -0.0614. The summed E-state index contributed by atoms with van der Waals surface area (Å²) in [5.41, 5.74) is -0.0168. The van der Waals surface area contributed by atoms with E-state index in [-0.39, 0.29) is 17.7 Å². The highest BCUT2D eigenvalue weighted by Crippen LogP contribution is 2.44. The van der Waals surface area contributed by atoms with E-state index in [4.69, 9.17) is 17.3 Å². The van der Waals surface area contributed by atoms with E-state index in [0.29, 0.717) is 5.92 Å². The molecular weight excluding hydrogens is 151 g/mol. The maximum absolute atomic E-state index is 5.82. The fourth-order valence-corrected chi connectivity index (χ4v) is 2.56. The van der Waals surface area contributed by atoms with Crippen LogP contribution in [0.15, 0.2) is 0 Å². The van der Waals surface area contributed by atoms with E-state index in [0.717, 1.165) is 19.4 Å². The van der Waals surface area contributed by atoms with Crippen LogP contribution in [0.1, 0.15) is 26.7 Å². The first-order valence-corrected chi connectivity index (χ1v) is 4.72. The molecule has 0 spiro atoms. The zero-order valence-electron chi connectivity index (χ0n) is 7.75. The molecule has 2 saturated heterocycles. The third-order valence-corrected chi connectivity index (χ3v) is 3.26. The molecule has 1 unspecified atom stereocenters. The van der Waals surface area contributed by atoms with Crippen molar-refractivity contribution < 1.29 is 9.47 Å². The summed E-state index contributed by atoms with van der Waals surface area (Å²) in [5.74, 6) is 0.487. The zero-order valence-corrected chi connectivity index (χ0v) is 7.75. The summed E-state index contributed by atoms with van der Waals surface area (Å²) < 4.78 is 11.3. The van der Waals surface area contributed by atoms with E-state index >= 15 is 0 Å². The molecule has 0 aromatic carbocycles. The molecule has 2 aliphatic rings. The van der Waals surface area contributed by atoms with Gasteiger partial charge in [0.05, 0.1) is 11.7 Å². The lowest BCUT2D eigenvalue weighted by Gasteiger charge is -2.35. The first kappa shape index (κ1) is 8.58. The summed E-state index contributed by atoms with van der Waals surface area (Å²) in [6.45, 7) is 5.13. The molecule has 3 heteroatoms. The number of ether oxygens (including phenoxy) is 2. The van der Waals surface area contributed by atoms with Gasteiger partial charge in [0.25, 0.3) is 0 Å². The smallest absolute Gasteiger partial charge is 0.112 e. The van der Waals surface area contributed by atoms with Gasteiger partial charge in [-0.05, 0) is 19.8 Å². The normalized spacial score (nSPS) is 52.7. The first-order valence-electron chi connectivity index (χ1n) is 4.72. The fraction of sp³-hybridized carbons (Fsp3) is 1.00. The van der Waals surface area contributed by atoms with Gasteiger partial charge in [-0.25, -0.2) is 0 Å². The van der Waals surface area contributed by atoms with Gasteiger partial charge in [-0.15, -0.1) is 0 Å². The molecule has 0 N–H and O–H groups in total. The molecule has 0 saturated carbocycles. The third-order valence-electron chi connectivity index (χ3n) is 3.26. The molecule has 66 valence electrons. The Kier molecular flexibility index (Phi) is 1.96. The average molecular weight is 166 g/mol. The van der Waals surface area contributed by atoms with Crippen molar-refractivity contribution in [2.45, 2.75) is 44.4 Å². The van der Waals surface area contributed by atoms with Crippen molar-refractivity contribution >= 4 is 7.85 Å². The van der Waals surface area contributed by atoms with Crippen molar-refractivity contribution in [3.63, 3.8) is 0 Å². The van der Waals surface area contributed by atoms with Gasteiger partial charge < -0.3 is 9.47 Å². The molecule has 12 heavy (non-hydrogen) atoms. The molecule has 2 radical (unpaired) electrons. The van der Waals surface area contributed by atoms with Gasteiger partial charge in [-0.3, -0.25) is 0 Å². The highest BCUT2D eigenvalue weighted by atomic mass is 16.6. The van der Waals surface area contributed by atoms with Crippen LogP contribution in [0.3, 0.4) is 0 Å². The van der Waals surface area contributed by atoms with Gasteiger partial charge in [0, 0.05) is 18.5 Å². The molecule has 2 bridgehead atoms. The van der Waals surface area contributed by atoms with Crippen LogP contribution in [0, 0.1) is 5.92 Å². The van der Waals surface area contributed by atoms with Crippen molar-refractivity contribution in [2.75, 3.05) is 6.61 Å². The Labute approximate surface area is 75.0 Å². The maximum Gasteiger partial charge on any atom is 0.112 e. The van der Waals surface area contributed by atoms with Gasteiger partial charge >= 0.3 is 0 Å². The van der Waals surface area contributed by atoms with Crippen molar-refractivity contribution in [3.8, 4) is 0 Å². The Morgan fingerprint density at radius 2 is 2.33 bits per heavy atom. The summed E-state index contributed by atoms with van der Waals surface area (Å²) in [6, 6.07) is -0.206. The van der Waals surface area contributed by atoms with E-state index in [2.05, 4.69) is 13.8 Å². The van der Waals surface area contributed by atoms with Gasteiger partial charge in [0.2, 0.25) is 0 Å². The fourth-order valence-electron chi connectivity index (χ4n) is 2.56. The summed E-state index contributed by atoms with van der Waals surface area (Å²) in [4.78, 5) is 0. The minimum absolute atomic E-state index is 0.0168. The SMILES string of the molecule is [B][C@@H]1O[C@@]2(C)CCOC1[C@H]2CC. The van der Waals surface area contributed by atoms with Crippen LogP contribution in [0.25, 0.3) is 0 Å². The largest absolute Gasteiger partial charge is 0.379 e. The Morgan fingerprint density at radius 1 is 1.58 bits per heavy atom. The van der Waals surface area contributed by atoms with E-state index < -0.39 is 0 Å². The van der Waals surface area contributed by atoms with Crippen molar-refractivity contribution in [1.29, 1.82) is 0 Å². The Hall–Kier alpha value is -0.0151. The molecular formula is C9H15BO2. The van der Waals surface area contributed by atoms with Crippen molar-refractivity contribution in [2.24, 2.45) is 5.92 Å². The van der Waals surface area contributed by atoms with Crippen LogP contribution in [-0.2, 0) is 9.47 Å². The molecule has 2 heterocycles. The molecule has 4 atom stereocenters. The van der Waals surface area contributed by atoms with Crippen LogP contribution >= 0.6 is 0 Å². The average Bonchev–Trinajstić information content (AvgIpc) is 2.14.